The molecule has 0 aliphatic rings. The molecule has 0 saturated carbocycles. The summed E-state index contributed by atoms with van der Waals surface area (Å²) in [4.78, 5) is 12.0. The lowest BCUT2D eigenvalue weighted by Gasteiger charge is -2.12. The number of nitrogens with one attached hydrogen (secondary N) is 2. The molecule has 1 amide bonds. The monoisotopic (exact) mass is 306 g/mol. The summed E-state index contributed by atoms with van der Waals surface area (Å²) in [6, 6.07) is 13.1. The number of alkyl halides is 2. The lowest BCUT2D eigenvalue weighted by molar-refractivity contribution is -0.0498. The van der Waals surface area contributed by atoms with Crippen molar-refractivity contribution in [2.75, 3.05) is 11.9 Å². The van der Waals surface area contributed by atoms with E-state index in [4.69, 9.17) is 0 Å². The molecular weight excluding hydrogens is 290 g/mol. The first-order valence-corrected chi connectivity index (χ1v) is 6.79. The van der Waals surface area contributed by atoms with Crippen LogP contribution in [0.1, 0.15) is 17.3 Å². The van der Waals surface area contributed by atoms with Crippen molar-refractivity contribution in [3.05, 3.63) is 54.1 Å². The number of halogens is 2. The van der Waals surface area contributed by atoms with Crippen molar-refractivity contribution in [3.8, 4) is 5.75 Å². The third-order valence-electron chi connectivity index (χ3n) is 2.87. The Hall–Kier alpha value is -2.63. The first kappa shape index (κ1) is 15.8. The lowest BCUT2D eigenvalue weighted by Crippen LogP contribution is -2.23. The van der Waals surface area contributed by atoms with E-state index in [1.54, 1.807) is 36.4 Å². The molecule has 0 radical (unpaired) electrons. The van der Waals surface area contributed by atoms with Crippen LogP contribution in [0.4, 0.5) is 20.2 Å². The number of benzene rings is 2. The fourth-order valence-corrected chi connectivity index (χ4v) is 1.92. The highest BCUT2D eigenvalue weighted by Crippen LogP contribution is 2.23. The number of carbonyl (C=O) groups is 1. The first-order valence-electron chi connectivity index (χ1n) is 6.79. The van der Waals surface area contributed by atoms with Gasteiger partial charge < -0.3 is 15.4 Å². The van der Waals surface area contributed by atoms with Crippen LogP contribution in [0.15, 0.2) is 48.5 Å². The van der Waals surface area contributed by atoms with Gasteiger partial charge in [0.15, 0.2) is 0 Å². The van der Waals surface area contributed by atoms with Crippen LogP contribution in [0.3, 0.4) is 0 Å². The SMILES string of the molecule is CCNC(=O)c1ccccc1Nc1ccc(OC(F)F)cc1. The summed E-state index contributed by atoms with van der Waals surface area (Å²) in [5, 5.41) is 5.82. The Morgan fingerprint density at radius 3 is 2.45 bits per heavy atom. The molecule has 0 aromatic heterocycles. The van der Waals surface area contributed by atoms with Gasteiger partial charge in [0, 0.05) is 12.2 Å². The van der Waals surface area contributed by atoms with Gasteiger partial charge in [-0.3, -0.25) is 4.79 Å². The molecule has 0 aliphatic heterocycles. The summed E-state index contributed by atoms with van der Waals surface area (Å²) in [6.07, 6.45) is 0. The number of ether oxygens (including phenoxy) is 1. The van der Waals surface area contributed by atoms with E-state index >= 15 is 0 Å². The van der Waals surface area contributed by atoms with Crippen molar-refractivity contribution in [1.82, 2.24) is 5.32 Å². The highest BCUT2D eigenvalue weighted by atomic mass is 19.3. The quantitative estimate of drug-likeness (QED) is 0.854. The Kier molecular flexibility index (Phi) is 5.30. The first-order chi connectivity index (χ1) is 10.6. The van der Waals surface area contributed by atoms with Crippen LogP contribution < -0.4 is 15.4 Å². The molecule has 0 heterocycles. The van der Waals surface area contributed by atoms with Crippen LogP contribution in [0, 0.1) is 0 Å². The average Bonchev–Trinajstić information content (AvgIpc) is 2.49. The van der Waals surface area contributed by atoms with Gasteiger partial charge in [-0.2, -0.15) is 8.78 Å². The van der Waals surface area contributed by atoms with Crippen molar-refractivity contribution in [2.24, 2.45) is 0 Å². The number of rotatable bonds is 6. The zero-order valence-electron chi connectivity index (χ0n) is 12.0. The second-order valence-electron chi connectivity index (χ2n) is 4.43. The van der Waals surface area contributed by atoms with E-state index in [2.05, 4.69) is 15.4 Å². The summed E-state index contributed by atoms with van der Waals surface area (Å²) in [5.41, 5.74) is 1.81. The molecule has 0 atom stereocenters. The maximum absolute atomic E-state index is 12.1. The van der Waals surface area contributed by atoms with Gasteiger partial charge in [0.25, 0.3) is 5.91 Å². The minimum atomic E-state index is -2.85. The molecule has 2 N–H and O–H groups in total. The van der Waals surface area contributed by atoms with Gasteiger partial charge in [0.1, 0.15) is 5.75 Å². The number of hydrogen-bond acceptors (Lipinski definition) is 3. The zero-order chi connectivity index (χ0) is 15.9. The molecule has 2 aromatic carbocycles. The molecule has 0 unspecified atom stereocenters. The van der Waals surface area contributed by atoms with Gasteiger partial charge in [0.2, 0.25) is 0 Å². The second-order valence-corrected chi connectivity index (χ2v) is 4.43. The van der Waals surface area contributed by atoms with E-state index in [1.807, 2.05) is 6.92 Å². The number of amides is 1. The third kappa shape index (κ3) is 4.18. The van der Waals surface area contributed by atoms with Crippen LogP contribution in [-0.4, -0.2) is 19.1 Å². The van der Waals surface area contributed by atoms with Gasteiger partial charge in [-0.05, 0) is 43.3 Å². The van der Waals surface area contributed by atoms with Crippen molar-refractivity contribution >= 4 is 17.3 Å². The molecule has 0 aliphatic carbocycles. The van der Waals surface area contributed by atoms with Crippen molar-refractivity contribution in [3.63, 3.8) is 0 Å². The topological polar surface area (TPSA) is 50.4 Å². The van der Waals surface area contributed by atoms with Gasteiger partial charge in [-0.1, -0.05) is 12.1 Å². The number of anilines is 2. The Balaban J connectivity index is 2.15. The fourth-order valence-electron chi connectivity index (χ4n) is 1.92. The van der Waals surface area contributed by atoms with E-state index in [-0.39, 0.29) is 11.7 Å². The Labute approximate surface area is 127 Å². The molecular formula is C16H16F2N2O2. The van der Waals surface area contributed by atoms with E-state index < -0.39 is 6.61 Å². The summed E-state index contributed by atoms with van der Waals surface area (Å²) in [7, 11) is 0. The van der Waals surface area contributed by atoms with Crippen molar-refractivity contribution in [2.45, 2.75) is 13.5 Å². The van der Waals surface area contributed by atoms with Crippen LogP contribution >= 0.6 is 0 Å². The molecule has 2 rings (SSSR count). The molecule has 0 spiro atoms. The Morgan fingerprint density at radius 2 is 1.82 bits per heavy atom. The molecule has 0 bridgehead atoms. The minimum absolute atomic E-state index is 0.0811. The summed E-state index contributed by atoms with van der Waals surface area (Å²) in [5.74, 6) is -0.0965. The van der Waals surface area contributed by atoms with Gasteiger partial charge in [-0.15, -0.1) is 0 Å². The Morgan fingerprint density at radius 1 is 1.14 bits per heavy atom. The number of carbonyl (C=O) groups excluding carboxylic acids is 1. The van der Waals surface area contributed by atoms with E-state index in [9.17, 15) is 13.6 Å². The second kappa shape index (κ2) is 7.40. The molecule has 6 heteroatoms. The minimum Gasteiger partial charge on any atom is -0.435 e. The molecule has 22 heavy (non-hydrogen) atoms. The van der Waals surface area contributed by atoms with Gasteiger partial charge in [0.05, 0.1) is 11.3 Å². The van der Waals surface area contributed by atoms with Crippen LogP contribution in [0.5, 0.6) is 5.75 Å². The predicted molar refractivity (Wildman–Crippen MR) is 80.8 cm³/mol. The van der Waals surface area contributed by atoms with Crippen molar-refractivity contribution < 1.29 is 18.3 Å². The number of hydrogen-bond donors (Lipinski definition) is 2. The normalized spacial score (nSPS) is 10.4. The summed E-state index contributed by atoms with van der Waals surface area (Å²) >= 11 is 0. The smallest absolute Gasteiger partial charge is 0.387 e. The molecule has 2 aromatic rings. The fraction of sp³-hybridized carbons (Fsp3) is 0.188. The highest BCUT2D eigenvalue weighted by Gasteiger charge is 2.10. The van der Waals surface area contributed by atoms with Crippen molar-refractivity contribution in [1.29, 1.82) is 0 Å². The number of para-hydroxylation sites is 1. The molecule has 116 valence electrons. The molecule has 0 saturated heterocycles. The largest absolute Gasteiger partial charge is 0.435 e. The highest BCUT2D eigenvalue weighted by molar-refractivity contribution is 6.00. The Bertz CT molecular complexity index is 630. The summed E-state index contributed by atoms with van der Waals surface area (Å²) in [6.45, 7) is -0.472. The molecule has 0 fully saturated rings. The third-order valence-corrected chi connectivity index (χ3v) is 2.87. The summed E-state index contributed by atoms with van der Waals surface area (Å²) < 4.78 is 28.5. The molecule has 4 nitrogen and oxygen atoms in total. The maximum atomic E-state index is 12.1. The van der Waals surface area contributed by atoms with Gasteiger partial charge in [-0.25, -0.2) is 0 Å². The lowest BCUT2D eigenvalue weighted by atomic mass is 10.1. The zero-order valence-corrected chi connectivity index (χ0v) is 12.0. The van der Waals surface area contributed by atoms with Gasteiger partial charge >= 0.3 is 6.61 Å². The van der Waals surface area contributed by atoms with E-state index in [1.165, 1.54) is 12.1 Å². The van der Waals surface area contributed by atoms with E-state index in [0.29, 0.717) is 23.5 Å². The standard InChI is InChI=1S/C16H16F2N2O2/c1-2-19-15(21)13-5-3-4-6-14(13)20-11-7-9-12(10-8-11)22-16(17)18/h3-10,16,20H,2H2,1H3,(H,19,21). The average molecular weight is 306 g/mol. The maximum Gasteiger partial charge on any atom is 0.387 e. The van der Waals surface area contributed by atoms with E-state index in [0.717, 1.165) is 0 Å². The van der Waals surface area contributed by atoms with Crippen LogP contribution in [-0.2, 0) is 0 Å². The van der Waals surface area contributed by atoms with Crippen LogP contribution in [0.25, 0.3) is 0 Å². The van der Waals surface area contributed by atoms with Crippen LogP contribution in [0.2, 0.25) is 0 Å². The predicted octanol–water partition coefficient (Wildman–Crippen LogP) is 3.78.